The summed E-state index contributed by atoms with van der Waals surface area (Å²) in [5.41, 5.74) is 1.11. The molecule has 146 valence electrons. The van der Waals surface area contributed by atoms with Crippen LogP contribution in [0.1, 0.15) is 25.3 Å². The van der Waals surface area contributed by atoms with Crippen molar-refractivity contribution in [2.75, 3.05) is 46.1 Å². The molecule has 1 fully saturated rings. The van der Waals surface area contributed by atoms with Gasteiger partial charge in [0.05, 0.1) is 25.9 Å². The van der Waals surface area contributed by atoms with E-state index in [1.165, 1.54) is 0 Å². The van der Waals surface area contributed by atoms with Gasteiger partial charge in [0.2, 0.25) is 0 Å². The Kier molecular flexibility index (Phi) is 10.4. The zero-order chi connectivity index (χ0) is 18.5. The van der Waals surface area contributed by atoms with Gasteiger partial charge < -0.3 is 24.8 Å². The maximum absolute atomic E-state index is 5.87. The van der Waals surface area contributed by atoms with Gasteiger partial charge in [0.1, 0.15) is 0 Å². The van der Waals surface area contributed by atoms with E-state index >= 15 is 0 Å². The molecule has 2 N–H and O–H groups in total. The van der Waals surface area contributed by atoms with Gasteiger partial charge in [-0.1, -0.05) is 23.7 Å². The molecule has 0 bridgehead atoms. The fourth-order valence-corrected chi connectivity index (χ4v) is 2.63. The molecule has 1 aromatic carbocycles. The van der Waals surface area contributed by atoms with E-state index in [1.807, 2.05) is 24.3 Å². The fourth-order valence-electron chi connectivity index (χ4n) is 2.50. The molecule has 7 heteroatoms. The molecule has 0 amide bonds. The lowest BCUT2D eigenvalue weighted by Gasteiger charge is -2.12. The average Bonchev–Trinajstić information content (AvgIpc) is 3.16. The molecule has 1 saturated heterocycles. The Bertz CT molecular complexity index is 519. The van der Waals surface area contributed by atoms with Gasteiger partial charge in [-0.2, -0.15) is 0 Å². The molecule has 0 saturated carbocycles. The van der Waals surface area contributed by atoms with E-state index < -0.39 is 0 Å². The fraction of sp³-hybridized carbons (Fsp3) is 0.632. The number of rotatable bonds is 11. The van der Waals surface area contributed by atoms with Crippen molar-refractivity contribution in [2.24, 2.45) is 4.99 Å². The van der Waals surface area contributed by atoms with Crippen LogP contribution in [0.2, 0.25) is 5.02 Å². The maximum atomic E-state index is 5.87. The number of ether oxygens (including phenoxy) is 3. The standard InChI is InChI=1S/C19H30ClN3O3/c1-2-21-19(22-9-3-11-26-18-8-12-24-15-18)23-10-13-25-14-16-4-6-17(20)7-5-16/h4-7,18H,2-3,8-15H2,1H3,(H2,21,22,23). The van der Waals surface area contributed by atoms with Gasteiger partial charge in [0.25, 0.3) is 0 Å². The highest BCUT2D eigenvalue weighted by atomic mass is 35.5. The van der Waals surface area contributed by atoms with Gasteiger partial charge >= 0.3 is 0 Å². The minimum atomic E-state index is 0.267. The summed E-state index contributed by atoms with van der Waals surface area (Å²) in [5, 5.41) is 7.26. The van der Waals surface area contributed by atoms with Crippen molar-refractivity contribution in [1.29, 1.82) is 0 Å². The van der Waals surface area contributed by atoms with E-state index in [0.717, 1.165) is 62.3 Å². The predicted molar refractivity (Wildman–Crippen MR) is 105 cm³/mol. The zero-order valence-electron chi connectivity index (χ0n) is 15.5. The van der Waals surface area contributed by atoms with Crippen molar-refractivity contribution in [3.8, 4) is 0 Å². The van der Waals surface area contributed by atoms with Gasteiger partial charge in [0, 0.05) is 37.9 Å². The van der Waals surface area contributed by atoms with E-state index in [9.17, 15) is 0 Å². The van der Waals surface area contributed by atoms with E-state index in [0.29, 0.717) is 19.8 Å². The van der Waals surface area contributed by atoms with Crippen LogP contribution in [0, 0.1) is 0 Å². The maximum Gasteiger partial charge on any atom is 0.191 e. The number of nitrogens with one attached hydrogen (secondary N) is 2. The zero-order valence-corrected chi connectivity index (χ0v) is 16.3. The lowest BCUT2D eigenvalue weighted by atomic mass is 10.2. The minimum absolute atomic E-state index is 0.267. The van der Waals surface area contributed by atoms with Crippen LogP contribution >= 0.6 is 11.6 Å². The molecule has 1 aliphatic rings. The van der Waals surface area contributed by atoms with Crippen molar-refractivity contribution in [3.05, 3.63) is 34.9 Å². The van der Waals surface area contributed by atoms with Crippen LogP contribution in [0.3, 0.4) is 0 Å². The summed E-state index contributed by atoms with van der Waals surface area (Å²) in [4.78, 5) is 4.56. The summed E-state index contributed by atoms with van der Waals surface area (Å²) in [6, 6.07) is 7.69. The summed E-state index contributed by atoms with van der Waals surface area (Å²) in [7, 11) is 0. The van der Waals surface area contributed by atoms with Crippen LogP contribution < -0.4 is 10.6 Å². The number of halogens is 1. The van der Waals surface area contributed by atoms with Gasteiger partial charge in [-0.15, -0.1) is 0 Å². The highest BCUT2D eigenvalue weighted by molar-refractivity contribution is 6.30. The van der Waals surface area contributed by atoms with E-state index in [2.05, 4.69) is 22.5 Å². The first-order valence-corrected chi connectivity index (χ1v) is 9.69. The van der Waals surface area contributed by atoms with Crippen molar-refractivity contribution in [1.82, 2.24) is 10.6 Å². The molecule has 1 aromatic rings. The first-order valence-electron chi connectivity index (χ1n) is 9.31. The molecular formula is C19H30ClN3O3. The van der Waals surface area contributed by atoms with Crippen molar-refractivity contribution in [3.63, 3.8) is 0 Å². The molecule has 1 aliphatic heterocycles. The number of guanidine groups is 1. The van der Waals surface area contributed by atoms with Crippen molar-refractivity contribution >= 4 is 17.6 Å². The Morgan fingerprint density at radius 1 is 1.27 bits per heavy atom. The summed E-state index contributed by atoms with van der Waals surface area (Å²) >= 11 is 5.87. The van der Waals surface area contributed by atoms with Crippen LogP contribution in [-0.2, 0) is 20.8 Å². The Morgan fingerprint density at radius 3 is 2.85 bits per heavy atom. The quantitative estimate of drug-likeness (QED) is 0.349. The molecule has 0 spiro atoms. The molecule has 0 aliphatic carbocycles. The van der Waals surface area contributed by atoms with Crippen molar-refractivity contribution in [2.45, 2.75) is 32.5 Å². The predicted octanol–water partition coefficient (Wildman–Crippen LogP) is 2.61. The van der Waals surface area contributed by atoms with E-state index in [-0.39, 0.29) is 6.10 Å². The van der Waals surface area contributed by atoms with Gasteiger partial charge in [-0.3, -0.25) is 4.99 Å². The lowest BCUT2D eigenvalue weighted by molar-refractivity contribution is 0.0424. The lowest BCUT2D eigenvalue weighted by Crippen LogP contribution is -2.39. The van der Waals surface area contributed by atoms with E-state index in [4.69, 9.17) is 25.8 Å². The second-order valence-corrected chi connectivity index (χ2v) is 6.51. The van der Waals surface area contributed by atoms with Crippen LogP contribution in [0.25, 0.3) is 0 Å². The molecule has 0 aromatic heterocycles. The summed E-state index contributed by atoms with van der Waals surface area (Å²) < 4.78 is 16.7. The summed E-state index contributed by atoms with van der Waals surface area (Å²) in [6.45, 7) is 7.77. The second kappa shape index (κ2) is 12.9. The highest BCUT2D eigenvalue weighted by Gasteiger charge is 2.15. The number of nitrogens with zero attached hydrogens (tertiary/aromatic N) is 1. The van der Waals surface area contributed by atoms with Gasteiger partial charge in [-0.05, 0) is 37.5 Å². The third-order valence-electron chi connectivity index (χ3n) is 3.88. The number of aliphatic imine (C=N–C) groups is 1. The normalized spacial score (nSPS) is 17.5. The molecule has 26 heavy (non-hydrogen) atoms. The van der Waals surface area contributed by atoms with Crippen LogP contribution in [0.15, 0.2) is 29.3 Å². The smallest absolute Gasteiger partial charge is 0.191 e. The highest BCUT2D eigenvalue weighted by Crippen LogP contribution is 2.10. The monoisotopic (exact) mass is 383 g/mol. The largest absolute Gasteiger partial charge is 0.379 e. The molecule has 1 atom stereocenters. The van der Waals surface area contributed by atoms with Gasteiger partial charge in [-0.25, -0.2) is 0 Å². The number of hydrogen-bond donors (Lipinski definition) is 2. The minimum Gasteiger partial charge on any atom is -0.379 e. The third kappa shape index (κ3) is 8.85. The van der Waals surface area contributed by atoms with Crippen LogP contribution in [0.5, 0.6) is 0 Å². The Balaban J connectivity index is 1.55. The Morgan fingerprint density at radius 2 is 2.12 bits per heavy atom. The van der Waals surface area contributed by atoms with Crippen molar-refractivity contribution < 1.29 is 14.2 Å². The summed E-state index contributed by atoms with van der Waals surface area (Å²) in [6.07, 6.45) is 2.17. The molecule has 0 radical (unpaired) electrons. The SMILES string of the molecule is CCNC(=NCCCOC1CCOC1)NCCOCc1ccc(Cl)cc1. The van der Waals surface area contributed by atoms with Crippen LogP contribution in [0.4, 0.5) is 0 Å². The molecule has 1 unspecified atom stereocenters. The summed E-state index contributed by atoms with van der Waals surface area (Å²) in [5.74, 6) is 0.812. The number of hydrogen-bond acceptors (Lipinski definition) is 4. The first-order chi connectivity index (χ1) is 12.8. The molecule has 2 rings (SSSR count). The molecule has 6 nitrogen and oxygen atoms in total. The average molecular weight is 384 g/mol. The topological polar surface area (TPSA) is 64.1 Å². The molecule has 1 heterocycles. The Labute approximate surface area is 161 Å². The second-order valence-electron chi connectivity index (χ2n) is 6.08. The molecular weight excluding hydrogens is 354 g/mol. The first kappa shape index (κ1) is 21.0. The number of benzene rings is 1. The third-order valence-corrected chi connectivity index (χ3v) is 4.13. The van der Waals surface area contributed by atoms with E-state index in [1.54, 1.807) is 0 Å². The van der Waals surface area contributed by atoms with Crippen LogP contribution in [-0.4, -0.2) is 58.1 Å². The van der Waals surface area contributed by atoms with Gasteiger partial charge in [0.15, 0.2) is 5.96 Å². The Hall–Kier alpha value is -1.34.